The molecule has 0 spiro atoms. The molecule has 6 nitrogen and oxygen atoms in total. The number of anilines is 2. The van der Waals surface area contributed by atoms with E-state index >= 15 is 0 Å². The fourth-order valence-electron chi connectivity index (χ4n) is 3.23. The van der Waals surface area contributed by atoms with E-state index in [1.165, 1.54) is 30.5 Å². The van der Waals surface area contributed by atoms with Crippen molar-refractivity contribution >= 4 is 17.3 Å². The second kappa shape index (κ2) is 9.97. The highest BCUT2D eigenvalue weighted by atomic mass is 16.5. The molecule has 6 heteroatoms. The fourth-order valence-corrected chi connectivity index (χ4v) is 3.23. The molecule has 0 atom stereocenters. The summed E-state index contributed by atoms with van der Waals surface area (Å²) in [6, 6.07) is 14.4. The third-order valence-electron chi connectivity index (χ3n) is 4.92. The summed E-state index contributed by atoms with van der Waals surface area (Å²) >= 11 is 0. The zero-order valence-electron chi connectivity index (χ0n) is 23.6. The monoisotopic (exact) mass is 438 g/mol. The number of benzene rings is 2. The predicted molar refractivity (Wildman–Crippen MR) is 125 cm³/mol. The Morgan fingerprint density at radius 2 is 1.84 bits per heavy atom. The number of Topliss-reactive ketones (excluding diaryl/α,β-unsaturated/α-hetero) is 1. The van der Waals surface area contributed by atoms with Gasteiger partial charge in [-0.1, -0.05) is 12.1 Å². The number of hydrogen-bond acceptors (Lipinski definition) is 6. The molecule has 162 valence electrons. The molecule has 2 aromatic carbocycles. The van der Waals surface area contributed by atoms with Gasteiger partial charge in [0.1, 0.15) is 17.6 Å². The van der Waals surface area contributed by atoms with E-state index in [1.54, 1.807) is 36.1 Å². The number of carbonyl (C=O) groups excluding carboxylic acids is 1. The molecule has 2 heterocycles. The highest BCUT2D eigenvalue weighted by Crippen LogP contribution is 2.21. The van der Waals surface area contributed by atoms with Crippen LogP contribution in [-0.2, 0) is 6.42 Å². The van der Waals surface area contributed by atoms with Gasteiger partial charge >= 0.3 is 0 Å². The summed E-state index contributed by atoms with van der Waals surface area (Å²) in [6.45, 7) is -2.31. The summed E-state index contributed by atoms with van der Waals surface area (Å²) < 4.78 is 56.0. The molecule has 1 fully saturated rings. The highest BCUT2D eigenvalue weighted by molar-refractivity contribution is 5.97. The molecule has 0 saturated carbocycles. The number of ether oxygens (including phenoxy) is 1. The Balaban J connectivity index is 1.50. The van der Waals surface area contributed by atoms with Crippen LogP contribution in [0, 0.1) is 11.3 Å². The van der Waals surface area contributed by atoms with Crippen molar-refractivity contribution in [2.45, 2.75) is 13.3 Å². The van der Waals surface area contributed by atoms with Gasteiger partial charge < -0.3 is 14.5 Å². The van der Waals surface area contributed by atoms with Crippen LogP contribution in [0.3, 0.4) is 0 Å². The number of hydrogen-bond donors (Lipinski definition) is 0. The molecule has 32 heavy (non-hydrogen) atoms. The minimum Gasteiger partial charge on any atom is -0.494 e. The number of piperazine rings is 1. The van der Waals surface area contributed by atoms with Gasteiger partial charge in [0.15, 0.2) is 5.78 Å². The predicted octanol–water partition coefficient (Wildman–Crippen LogP) is 4.10. The van der Waals surface area contributed by atoms with Crippen molar-refractivity contribution in [1.29, 1.82) is 5.26 Å². The highest BCUT2D eigenvalue weighted by Gasteiger charge is 2.18. The largest absolute Gasteiger partial charge is 0.494 e. The Hall–Kier alpha value is -3.85. The van der Waals surface area contributed by atoms with E-state index in [0.29, 0.717) is 29.2 Å². The summed E-state index contributed by atoms with van der Waals surface area (Å²) in [5.74, 6) is 0.106. The lowest BCUT2D eigenvalue weighted by Crippen LogP contribution is -2.46. The van der Waals surface area contributed by atoms with Crippen LogP contribution in [0.4, 0.5) is 11.5 Å². The number of nitriles is 1. The summed E-state index contributed by atoms with van der Waals surface area (Å²) in [5.41, 5.74) is 1.56. The zero-order valence-corrected chi connectivity index (χ0v) is 17.6. The van der Waals surface area contributed by atoms with Crippen LogP contribution in [0.5, 0.6) is 5.75 Å². The van der Waals surface area contributed by atoms with Crippen LogP contribution in [0.2, 0.25) is 0 Å². The van der Waals surface area contributed by atoms with E-state index in [-0.39, 0.29) is 48.8 Å². The lowest BCUT2D eigenvalue weighted by Gasteiger charge is -2.36. The van der Waals surface area contributed by atoms with E-state index in [4.69, 9.17) is 18.2 Å². The van der Waals surface area contributed by atoms with Crippen molar-refractivity contribution in [3.05, 3.63) is 83.5 Å². The van der Waals surface area contributed by atoms with Crippen LogP contribution < -0.4 is 14.5 Å². The Kier molecular flexibility index (Phi) is 4.68. The third-order valence-corrected chi connectivity index (χ3v) is 4.92. The lowest BCUT2D eigenvalue weighted by molar-refractivity contribution is 0.0993. The first-order valence-corrected chi connectivity index (χ1v) is 10.2. The van der Waals surface area contributed by atoms with Crippen molar-refractivity contribution in [2.24, 2.45) is 0 Å². The smallest absolute Gasteiger partial charge is 0.167 e. The van der Waals surface area contributed by atoms with Crippen molar-refractivity contribution in [2.75, 3.05) is 42.5 Å². The maximum Gasteiger partial charge on any atom is 0.167 e. The second-order valence-electron chi connectivity index (χ2n) is 7.08. The van der Waals surface area contributed by atoms with Crippen LogP contribution in [0.25, 0.3) is 0 Å². The molecular weight excluding hydrogens is 400 g/mol. The average molecular weight is 439 g/mol. The normalized spacial score (nSPS) is 19.4. The van der Waals surface area contributed by atoms with E-state index in [0.717, 1.165) is 4.90 Å². The first-order valence-electron chi connectivity index (χ1n) is 13.2. The number of ketones is 1. The lowest BCUT2D eigenvalue weighted by atomic mass is 10.0. The summed E-state index contributed by atoms with van der Waals surface area (Å²) in [5, 5.41) is 8.98. The molecule has 1 aliphatic heterocycles. The first-order chi connectivity index (χ1) is 17.9. The van der Waals surface area contributed by atoms with Crippen molar-refractivity contribution < 1.29 is 17.8 Å². The van der Waals surface area contributed by atoms with Gasteiger partial charge in [-0.15, -0.1) is 0 Å². The first kappa shape index (κ1) is 15.0. The zero-order chi connectivity index (χ0) is 27.7. The minimum absolute atomic E-state index is 0.0199. The summed E-state index contributed by atoms with van der Waals surface area (Å²) in [4.78, 5) is 19.6. The van der Waals surface area contributed by atoms with Gasteiger partial charge in [0.25, 0.3) is 0 Å². The molecule has 1 aliphatic rings. The van der Waals surface area contributed by atoms with Gasteiger partial charge in [-0.25, -0.2) is 4.98 Å². The number of rotatable bonds is 7. The Bertz CT molecular complexity index is 1330. The molecule has 0 bridgehead atoms. The maximum absolute atomic E-state index is 12.9. The number of carbonyl (C=O) groups is 1. The fraction of sp³-hybridized carbons (Fsp3) is 0.269. The molecule has 0 unspecified atom stereocenters. The van der Waals surface area contributed by atoms with Crippen molar-refractivity contribution in [3.63, 3.8) is 0 Å². The van der Waals surface area contributed by atoms with E-state index < -0.39 is 13.0 Å². The van der Waals surface area contributed by atoms with E-state index in [9.17, 15) is 4.79 Å². The molecule has 0 N–H and O–H groups in total. The van der Waals surface area contributed by atoms with Crippen molar-refractivity contribution in [1.82, 2.24) is 4.98 Å². The van der Waals surface area contributed by atoms with E-state index in [1.807, 2.05) is 6.07 Å². The molecule has 4 rings (SSSR count). The van der Waals surface area contributed by atoms with Crippen LogP contribution in [-0.4, -0.2) is 43.5 Å². The number of pyridine rings is 1. The van der Waals surface area contributed by atoms with Gasteiger partial charge in [0.05, 0.1) is 20.4 Å². The van der Waals surface area contributed by atoms with Gasteiger partial charge in [-0.3, -0.25) is 4.79 Å². The Labute approximate surface area is 197 Å². The van der Waals surface area contributed by atoms with E-state index in [2.05, 4.69) is 4.98 Å². The topological polar surface area (TPSA) is 69.5 Å². The molecule has 0 amide bonds. The summed E-state index contributed by atoms with van der Waals surface area (Å²) in [7, 11) is 0. The van der Waals surface area contributed by atoms with Crippen LogP contribution >= 0.6 is 0 Å². The van der Waals surface area contributed by atoms with Crippen LogP contribution in [0.1, 0.15) is 36.6 Å². The van der Waals surface area contributed by atoms with Gasteiger partial charge in [-0.2, -0.15) is 5.26 Å². The molecule has 0 aliphatic carbocycles. The van der Waals surface area contributed by atoms with Gasteiger partial charge in [0.2, 0.25) is 0 Å². The van der Waals surface area contributed by atoms with Crippen molar-refractivity contribution in [3.8, 4) is 11.8 Å². The quantitative estimate of drug-likeness (QED) is 0.517. The average Bonchev–Trinajstić information content (AvgIpc) is 2.83. The van der Waals surface area contributed by atoms with Crippen LogP contribution in [0.15, 0.2) is 66.8 Å². The summed E-state index contributed by atoms with van der Waals surface area (Å²) in [6.07, 6.45) is 1.26. The SMILES string of the molecule is [3H]c1cc(OCC)cc([3H])c1C(=O)Cc1ccc(N2CC([3H])([3H])N(c3ccc(C#N)cn3)C([3H])([3H])C2)cc1. The van der Waals surface area contributed by atoms with Gasteiger partial charge in [-0.05, 0) is 61.0 Å². The Morgan fingerprint density at radius 1 is 1.12 bits per heavy atom. The standard InChI is InChI=1S/C26H26N4O2/c1-2-32-24-10-6-22(7-11-24)25(31)17-20-3-8-23(9-4-20)29-13-15-30(16-14-29)26-12-5-21(18-27)19-28-26/h3-12,19H,2,13-17H2,1H3/i6T,7T,15T2,16T2. The molecular formula is C26H26N4O2. The molecule has 0 radical (unpaired) electrons. The molecule has 3 aromatic rings. The molecule has 1 aromatic heterocycles. The second-order valence-corrected chi connectivity index (χ2v) is 7.08. The third kappa shape index (κ3) is 5.06. The number of nitrogens with zero attached hydrogens (tertiary/aromatic N) is 4. The molecule has 1 saturated heterocycles. The minimum atomic E-state index is -2.11. The van der Waals surface area contributed by atoms with Gasteiger partial charge in [0, 0.05) is 50.0 Å². The Morgan fingerprint density at radius 3 is 2.44 bits per heavy atom. The number of aromatic nitrogens is 1. The maximum atomic E-state index is 12.9.